The first-order valence-electron chi connectivity index (χ1n) is 8.69. The lowest BCUT2D eigenvalue weighted by Gasteiger charge is -2.53. The van der Waals surface area contributed by atoms with Crippen LogP contribution in [0.1, 0.15) is 33.3 Å². The van der Waals surface area contributed by atoms with Crippen molar-refractivity contribution in [3.63, 3.8) is 0 Å². The summed E-state index contributed by atoms with van der Waals surface area (Å²) >= 11 is 0. The lowest BCUT2D eigenvalue weighted by Crippen LogP contribution is -2.75. The van der Waals surface area contributed by atoms with Gasteiger partial charge in [0.05, 0.1) is 18.2 Å². The van der Waals surface area contributed by atoms with E-state index in [9.17, 15) is 14.7 Å². The molecule has 0 radical (unpaired) electrons. The average Bonchev–Trinajstić information content (AvgIpc) is 2.92. The van der Waals surface area contributed by atoms with E-state index in [4.69, 9.17) is 4.74 Å². The molecule has 6 nitrogen and oxygen atoms in total. The Morgan fingerprint density at radius 2 is 1.88 bits per heavy atom. The van der Waals surface area contributed by atoms with Crippen LogP contribution in [0.25, 0.3) is 0 Å². The predicted octanol–water partition coefficient (Wildman–Crippen LogP) is 2.01. The van der Waals surface area contributed by atoms with E-state index in [-0.39, 0.29) is 24.0 Å². The minimum Gasteiger partial charge on any atom is -0.447 e. The number of cyclic esters (lactones) is 1. The Bertz CT molecular complexity index is 653. The van der Waals surface area contributed by atoms with Gasteiger partial charge in [0.15, 0.2) is 0 Å². The highest BCUT2D eigenvalue weighted by atomic mass is 16.6. The molecule has 2 amide bonds. The van der Waals surface area contributed by atoms with Gasteiger partial charge in [-0.05, 0) is 17.9 Å². The monoisotopic (exact) mass is 346 g/mol. The van der Waals surface area contributed by atoms with Gasteiger partial charge in [0.25, 0.3) is 0 Å². The van der Waals surface area contributed by atoms with Gasteiger partial charge in [-0.3, -0.25) is 9.69 Å². The number of aliphatic hydroxyl groups excluding tert-OH is 1. The van der Waals surface area contributed by atoms with Gasteiger partial charge >= 0.3 is 6.09 Å². The standard InChI is InChI=1S/C19H26N2O4/c1-12(22)15-16(21-14(19(2,3)4)11-25-18(21)24)17(23)20(15)10-13-8-6-5-7-9-13/h5-9,12,14-16,22H,10-11H2,1-4H3/t12-,14+,15+,16-/m0/s1. The summed E-state index contributed by atoms with van der Waals surface area (Å²) in [6.07, 6.45) is -1.20. The summed E-state index contributed by atoms with van der Waals surface area (Å²) in [5, 5.41) is 10.3. The van der Waals surface area contributed by atoms with Crippen LogP contribution in [0, 0.1) is 5.41 Å². The third kappa shape index (κ3) is 3.11. The van der Waals surface area contributed by atoms with E-state index in [1.54, 1.807) is 16.7 Å². The SMILES string of the molecule is C[C@H](O)[C@@H]1[C@H](N2C(=O)OC[C@@H]2C(C)(C)C)C(=O)N1Cc1ccccc1. The maximum atomic E-state index is 12.9. The maximum Gasteiger partial charge on any atom is 0.410 e. The van der Waals surface area contributed by atoms with Crippen LogP contribution in [0.15, 0.2) is 30.3 Å². The van der Waals surface area contributed by atoms with Gasteiger partial charge in [-0.2, -0.15) is 0 Å². The van der Waals surface area contributed by atoms with Crippen molar-refractivity contribution in [1.82, 2.24) is 9.80 Å². The predicted molar refractivity (Wildman–Crippen MR) is 92.7 cm³/mol. The molecule has 2 heterocycles. The van der Waals surface area contributed by atoms with Crippen LogP contribution in [0.3, 0.4) is 0 Å². The fourth-order valence-electron chi connectivity index (χ4n) is 3.73. The summed E-state index contributed by atoms with van der Waals surface area (Å²) in [6, 6.07) is 8.37. The van der Waals surface area contributed by atoms with Crippen LogP contribution in [0.2, 0.25) is 0 Å². The maximum absolute atomic E-state index is 12.9. The highest BCUT2D eigenvalue weighted by Crippen LogP contribution is 2.38. The molecule has 2 aliphatic rings. The normalized spacial score (nSPS) is 28.0. The molecule has 0 bridgehead atoms. The van der Waals surface area contributed by atoms with E-state index in [0.29, 0.717) is 6.54 Å². The number of likely N-dealkylation sites (tertiary alicyclic amines) is 1. The van der Waals surface area contributed by atoms with E-state index >= 15 is 0 Å². The van der Waals surface area contributed by atoms with Gasteiger partial charge < -0.3 is 14.7 Å². The molecular weight excluding hydrogens is 320 g/mol. The van der Waals surface area contributed by atoms with Gasteiger partial charge in [-0.15, -0.1) is 0 Å². The Morgan fingerprint density at radius 1 is 1.24 bits per heavy atom. The molecule has 3 rings (SSSR count). The molecule has 0 saturated carbocycles. The lowest BCUT2D eigenvalue weighted by molar-refractivity contribution is -0.168. The molecule has 1 N–H and O–H groups in total. The van der Waals surface area contributed by atoms with E-state index in [2.05, 4.69) is 0 Å². The number of aliphatic hydroxyl groups is 1. The van der Waals surface area contributed by atoms with Crippen molar-refractivity contribution in [2.75, 3.05) is 6.61 Å². The summed E-state index contributed by atoms with van der Waals surface area (Å²) < 4.78 is 5.23. The number of β-lactam (4-membered cyclic amide) rings is 1. The van der Waals surface area contributed by atoms with E-state index < -0.39 is 24.3 Å². The van der Waals surface area contributed by atoms with Crippen LogP contribution >= 0.6 is 0 Å². The first-order chi connectivity index (χ1) is 11.7. The Morgan fingerprint density at radius 3 is 2.44 bits per heavy atom. The molecule has 1 aromatic carbocycles. The Hall–Kier alpha value is -2.08. The van der Waals surface area contributed by atoms with Gasteiger partial charge in [-0.25, -0.2) is 4.79 Å². The van der Waals surface area contributed by atoms with Gasteiger partial charge in [-0.1, -0.05) is 51.1 Å². The minimum atomic E-state index is -0.736. The number of hydrogen-bond acceptors (Lipinski definition) is 4. The molecule has 0 spiro atoms. The number of hydrogen-bond donors (Lipinski definition) is 1. The number of rotatable bonds is 4. The fourth-order valence-corrected chi connectivity index (χ4v) is 3.73. The number of carbonyl (C=O) groups is 2. The van der Waals surface area contributed by atoms with Crippen molar-refractivity contribution in [2.24, 2.45) is 5.41 Å². The zero-order valence-electron chi connectivity index (χ0n) is 15.2. The van der Waals surface area contributed by atoms with Gasteiger partial charge in [0.1, 0.15) is 12.6 Å². The van der Waals surface area contributed by atoms with Crippen molar-refractivity contribution < 1.29 is 19.4 Å². The number of nitrogens with zero attached hydrogens (tertiary/aromatic N) is 2. The first-order valence-corrected chi connectivity index (χ1v) is 8.69. The first kappa shape index (κ1) is 17.7. The van der Waals surface area contributed by atoms with E-state index in [1.807, 2.05) is 51.1 Å². The number of carbonyl (C=O) groups excluding carboxylic acids is 2. The summed E-state index contributed by atoms with van der Waals surface area (Å²) in [6.45, 7) is 8.43. The van der Waals surface area contributed by atoms with Crippen molar-refractivity contribution in [2.45, 2.75) is 58.5 Å². The fraction of sp³-hybridized carbons (Fsp3) is 0.579. The minimum absolute atomic E-state index is 0.136. The molecule has 2 fully saturated rings. The number of benzene rings is 1. The van der Waals surface area contributed by atoms with E-state index in [1.165, 1.54) is 0 Å². The van der Waals surface area contributed by atoms with Gasteiger partial charge in [0.2, 0.25) is 5.91 Å². The second-order valence-electron chi connectivity index (χ2n) is 7.99. The number of ether oxygens (including phenoxy) is 1. The topological polar surface area (TPSA) is 70.1 Å². The molecule has 25 heavy (non-hydrogen) atoms. The Labute approximate surface area is 148 Å². The second kappa shape index (κ2) is 6.33. The molecule has 0 unspecified atom stereocenters. The molecular formula is C19H26N2O4. The van der Waals surface area contributed by atoms with Crippen LogP contribution in [0.4, 0.5) is 4.79 Å². The van der Waals surface area contributed by atoms with Crippen molar-refractivity contribution >= 4 is 12.0 Å². The summed E-state index contributed by atoms with van der Waals surface area (Å²) in [5.41, 5.74) is 0.784. The number of amides is 2. The highest BCUT2D eigenvalue weighted by molar-refractivity contribution is 5.93. The van der Waals surface area contributed by atoms with Gasteiger partial charge in [0, 0.05) is 6.54 Å². The van der Waals surface area contributed by atoms with Crippen LogP contribution in [0.5, 0.6) is 0 Å². The molecule has 4 atom stereocenters. The largest absolute Gasteiger partial charge is 0.447 e. The molecule has 0 aromatic heterocycles. The Kier molecular flexibility index (Phi) is 4.49. The average molecular weight is 346 g/mol. The third-order valence-electron chi connectivity index (χ3n) is 5.12. The van der Waals surface area contributed by atoms with Crippen LogP contribution in [-0.4, -0.2) is 57.7 Å². The summed E-state index contributed by atoms with van der Waals surface area (Å²) in [5.74, 6) is -0.136. The summed E-state index contributed by atoms with van der Waals surface area (Å²) in [4.78, 5) is 28.3. The molecule has 0 aliphatic carbocycles. The molecule has 6 heteroatoms. The molecule has 136 valence electrons. The zero-order chi connectivity index (χ0) is 18.4. The smallest absolute Gasteiger partial charge is 0.410 e. The molecule has 2 aliphatic heterocycles. The molecule has 2 saturated heterocycles. The van der Waals surface area contributed by atoms with Crippen molar-refractivity contribution in [3.8, 4) is 0 Å². The van der Waals surface area contributed by atoms with Crippen molar-refractivity contribution in [1.29, 1.82) is 0 Å². The van der Waals surface area contributed by atoms with E-state index in [0.717, 1.165) is 5.56 Å². The third-order valence-corrected chi connectivity index (χ3v) is 5.12. The Balaban J connectivity index is 1.84. The van der Waals surface area contributed by atoms with Crippen molar-refractivity contribution in [3.05, 3.63) is 35.9 Å². The van der Waals surface area contributed by atoms with Crippen LogP contribution < -0.4 is 0 Å². The lowest BCUT2D eigenvalue weighted by atomic mass is 9.82. The molecule has 1 aromatic rings. The quantitative estimate of drug-likeness (QED) is 0.847. The summed E-state index contributed by atoms with van der Waals surface area (Å²) in [7, 11) is 0. The van der Waals surface area contributed by atoms with Crippen LogP contribution in [-0.2, 0) is 16.1 Å². The zero-order valence-corrected chi connectivity index (χ0v) is 15.2. The highest BCUT2D eigenvalue weighted by Gasteiger charge is 2.58. The second-order valence-corrected chi connectivity index (χ2v) is 7.99.